The fraction of sp³-hybridized carbons (Fsp3) is 0.269. The van der Waals surface area contributed by atoms with Crippen molar-refractivity contribution in [2.45, 2.75) is 36.3 Å². The summed E-state index contributed by atoms with van der Waals surface area (Å²) in [6.07, 6.45) is 2.82. The van der Waals surface area contributed by atoms with Crippen molar-refractivity contribution in [1.29, 1.82) is 0 Å². The average Bonchev–Trinajstić information content (AvgIpc) is 3.60. The van der Waals surface area contributed by atoms with E-state index in [4.69, 9.17) is 4.74 Å². The molecule has 194 valence electrons. The van der Waals surface area contributed by atoms with E-state index in [2.05, 4.69) is 25.3 Å². The van der Waals surface area contributed by atoms with Gasteiger partial charge in [0.25, 0.3) is 11.8 Å². The van der Waals surface area contributed by atoms with Crippen molar-refractivity contribution < 1.29 is 26.7 Å². The van der Waals surface area contributed by atoms with E-state index in [1.807, 2.05) is 0 Å². The van der Waals surface area contributed by atoms with Gasteiger partial charge in [0.2, 0.25) is 0 Å². The van der Waals surface area contributed by atoms with Crippen molar-refractivity contribution in [2.75, 3.05) is 12.4 Å². The summed E-state index contributed by atoms with van der Waals surface area (Å²) in [6, 6.07) is 11.4. The van der Waals surface area contributed by atoms with E-state index in [-0.39, 0.29) is 48.2 Å². The standard InChI is InChI=1S/C26H21F2N5O4S/c27-26(28)11-19(26)24-29-6-5-21(33-24)20-4-3-16-12-30-18(10-22(16)32-20)13-31-25(34)15-1-2-17-14-37-7-8-38(35,36)23(17)9-15/h1-6,9-10,12,19H,7-8,11,13-14H2,(H,31,34)/t19-/m0/s1. The highest BCUT2D eigenvalue weighted by Gasteiger charge is 2.59. The second-order valence-corrected chi connectivity index (χ2v) is 11.3. The molecule has 1 N–H and O–H groups in total. The van der Waals surface area contributed by atoms with Crippen molar-refractivity contribution in [3.8, 4) is 11.4 Å². The number of nitrogens with zero attached hydrogens (tertiary/aromatic N) is 4. The van der Waals surface area contributed by atoms with Crippen LogP contribution in [0, 0.1) is 0 Å². The summed E-state index contributed by atoms with van der Waals surface area (Å²) in [4.78, 5) is 30.2. The van der Waals surface area contributed by atoms with Crippen molar-refractivity contribution >= 4 is 26.6 Å². The van der Waals surface area contributed by atoms with Crippen LogP contribution in [0.5, 0.6) is 0 Å². The number of hydrogen-bond acceptors (Lipinski definition) is 8. The van der Waals surface area contributed by atoms with Crippen LogP contribution in [-0.2, 0) is 27.7 Å². The normalized spacial score (nSPS) is 19.4. The fourth-order valence-electron chi connectivity index (χ4n) is 4.31. The van der Waals surface area contributed by atoms with Crippen LogP contribution in [0.3, 0.4) is 0 Å². The number of ether oxygens (including phenoxy) is 1. The molecule has 1 aromatic carbocycles. The summed E-state index contributed by atoms with van der Waals surface area (Å²) in [5, 5.41) is 3.52. The lowest BCUT2D eigenvalue weighted by Gasteiger charge is -2.10. The number of alkyl halides is 2. The third kappa shape index (κ3) is 4.72. The van der Waals surface area contributed by atoms with Gasteiger partial charge < -0.3 is 10.1 Å². The number of carbonyl (C=O) groups is 1. The zero-order valence-corrected chi connectivity index (χ0v) is 20.7. The number of pyridine rings is 2. The Morgan fingerprint density at radius 3 is 2.71 bits per heavy atom. The second kappa shape index (κ2) is 9.14. The van der Waals surface area contributed by atoms with Gasteiger partial charge in [-0.05, 0) is 42.0 Å². The molecule has 0 saturated heterocycles. The molecule has 3 aromatic heterocycles. The largest absolute Gasteiger partial charge is 0.376 e. The first-order valence-corrected chi connectivity index (χ1v) is 13.5. The Labute approximate surface area is 216 Å². The van der Waals surface area contributed by atoms with Crippen molar-refractivity contribution in [3.05, 3.63) is 77.5 Å². The number of hydrogen-bond donors (Lipinski definition) is 1. The second-order valence-electron chi connectivity index (χ2n) is 9.26. The zero-order chi connectivity index (χ0) is 26.5. The molecule has 1 saturated carbocycles. The minimum atomic E-state index is -3.53. The zero-order valence-electron chi connectivity index (χ0n) is 19.9. The lowest BCUT2D eigenvalue weighted by molar-refractivity contribution is 0.0949. The first-order chi connectivity index (χ1) is 18.2. The molecule has 1 atom stereocenters. The Morgan fingerprint density at radius 2 is 1.89 bits per heavy atom. The molecule has 0 unspecified atom stereocenters. The van der Waals surface area contributed by atoms with Crippen molar-refractivity contribution in [1.82, 2.24) is 25.3 Å². The first-order valence-electron chi connectivity index (χ1n) is 11.9. The summed E-state index contributed by atoms with van der Waals surface area (Å²) >= 11 is 0. The van der Waals surface area contributed by atoms with Crippen LogP contribution in [0.2, 0.25) is 0 Å². The Morgan fingerprint density at radius 1 is 1.08 bits per heavy atom. The molecule has 1 fully saturated rings. The topological polar surface area (TPSA) is 124 Å². The molecule has 1 aliphatic carbocycles. The molecule has 9 nitrogen and oxygen atoms in total. The number of halogens is 2. The minimum absolute atomic E-state index is 0.0854. The number of amides is 1. The number of sulfone groups is 1. The summed E-state index contributed by atoms with van der Waals surface area (Å²) in [6.45, 7) is 0.370. The highest BCUT2D eigenvalue weighted by molar-refractivity contribution is 7.91. The van der Waals surface area contributed by atoms with Gasteiger partial charge in [-0.25, -0.2) is 32.2 Å². The Bertz CT molecular complexity index is 1700. The minimum Gasteiger partial charge on any atom is -0.376 e. The molecule has 0 bridgehead atoms. The van der Waals surface area contributed by atoms with Crippen LogP contribution in [0.15, 0.2) is 59.8 Å². The van der Waals surface area contributed by atoms with E-state index in [1.54, 1.807) is 42.6 Å². The highest BCUT2D eigenvalue weighted by Crippen LogP contribution is 2.54. The molecule has 2 aliphatic rings. The quantitative estimate of drug-likeness (QED) is 0.411. The van der Waals surface area contributed by atoms with Crippen molar-refractivity contribution in [2.24, 2.45) is 0 Å². The van der Waals surface area contributed by atoms with Gasteiger partial charge in [0.1, 0.15) is 5.82 Å². The van der Waals surface area contributed by atoms with Crippen LogP contribution < -0.4 is 5.32 Å². The predicted octanol–water partition coefficient (Wildman–Crippen LogP) is 3.44. The number of aromatic nitrogens is 4. The van der Waals surface area contributed by atoms with Gasteiger partial charge in [-0.1, -0.05) is 6.07 Å². The van der Waals surface area contributed by atoms with Crippen LogP contribution >= 0.6 is 0 Å². The Kier molecular flexibility index (Phi) is 5.88. The van der Waals surface area contributed by atoms with Crippen LogP contribution in [0.25, 0.3) is 22.3 Å². The van der Waals surface area contributed by atoms with Gasteiger partial charge in [0.05, 0.1) is 58.9 Å². The molecule has 1 aliphatic heterocycles. The van der Waals surface area contributed by atoms with E-state index in [9.17, 15) is 22.0 Å². The van der Waals surface area contributed by atoms with E-state index < -0.39 is 27.6 Å². The smallest absolute Gasteiger partial charge is 0.259 e. The van der Waals surface area contributed by atoms with E-state index in [0.29, 0.717) is 28.2 Å². The molecule has 38 heavy (non-hydrogen) atoms. The lowest BCUT2D eigenvalue weighted by atomic mass is 10.1. The molecule has 0 spiro atoms. The maximum Gasteiger partial charge on any atom is 0.259 e. The molecule has 6 rings (SSSR count). The maximum atomic E-state index is 13.5. The van der Waals surface area contributed by atoms with Crippen LogP contribution in [0.1, 0.15) is 39.8 Å². The Hall–Kier alpha value is -3.90. The van der Waals surface area contributed by atoms with Gasteiger partial charge in [-0.3, -0.25) is 9.78 Å². The average molecular weight is 538 g/mol. The Balaban J connectivity index is 1.20. The van der Waals surface area contributed by atoms with Crippen molar-refractivity contribution in [3.63, 3.8) is 0 Å². The SMILES string of the molecule is O=C(NCc1cc2nc(-c3ccnc([C@@H]4CC4(F)F)n3)ccc2cn1)c1ccc2c(c1)S(=O)(=O)CCOC2. The third-order valence-electron chi connectivity index (χ3n) is 6.55. The molecule has 4 aromatic rings. The van der Waals surface area contributed by atoms with E-state index in [0.717, 1.165) is 5.39 Å². The molecular formula is C26H21F2N5O4S. The number of carbonyl (C=O) groups excluding carboxylic acids is 1. The van der Waals surface area contributed by atoms with Crippen LogP contribution in [0.4, 0.5) is 8.78 Å². The first kappa shape index (κ1) is 24.4. The molecule has 12 heteroatoms. The summed E-state index contributed by atoms with van der Waals surface area (Å²) in [7, 11) is -3.53. The molecule has 1 amide bonds. The lowest BCUT2D eigenvalue weighted by Crippen LogP contribution is -2.23. The summed E-state index contributed by atoms with van der Waals surface area (Å²) < 4.78 is 57.3. The van der Waals surface area contributed by atoms with Gasteiger partial charge in [0.15, 0.2) is 9.84 Å². The third-order valence-corrected chi connectivity index (χ3v) is 8.31. The maximum absolute atomic E-state index is 13.5. The number of benzene rings is 1. The monoisotopic (exact) mass is 537 g/mol. The van der Waals surface area contributed by atoms with E-state index in [1.165, 1.54) is 12.3 Å². The van der Waals surface area contributed by atoms with Gasteiger partial charge in [-0.2, -0.15) is 0 Å². The molecule has 0 radical (unpaired) electrons. The number of nitrogens with one attached hydrogen (secondary N) is 1. The highest BCUT2D eigenvalue weighted by atomic mass is 32.2. The van der Waals surface area contributed by atoms with Gasteiger partial charge in [-0.15, -0.1) is 0 Å². The number of rotatable bonds is 5. The van der Waals surface area contributed by atoms with Gasteiger partial charge >= 0.3 is 0 Å². The predicted molar refractivity (Wildman–Crippen MR) is 132 cm³/mol. The summed E-state index contributed by atoms with van der Waals surface area (Å²) in [5.41, 5.74) is 2.81. The van der Waals surface area contributed by atoms with E-state index >= 15 is 0 Å². The number of fused-ring (bicyclic) bond motifs is 2. The fourth-order valence-corrected chi connectivity index (χ4v) is 5.70. The molecular weight excluding hydrogens is 516 g/mol. The summed E-state index contributed by atoms with van der Waals surface area (Å²) in [5.74, 6) is -4.20. The van der Waals surface area contributed by atoms with Crippen LogP contribution in [-0.4, -0.2) is 52.5 Å². The molecule has 4 heterocycles. The van der Waals surface area contributed by atoms with Gasteiger partial charge in [0, 0.05) is 29.8 Å².